The molecule has 0 atom stereocenters. The van der Waals surface area contributed by atoms with Gasteiger partial charge in [0.15, 0.2) is 0 Å². The Morgan fingerprint density at radius 3 is 1.97 bits per heavy atom. The van der Waals surface area contributed by atoms with Gasteiger partial charge in [-0.1, -0.05) is 5.57 Å². The lowest BCUT2D eigenvalue weighted by molar-refractivity contribution is 0.00578. The van der Waals surface area contributed by atoms with Gasteiger partial charge < -0.3 is 28.8 Å². The van der Waals surface area contributed by atoms with Gasteiger partial charge >= 0.3 is 13.2 Å². The number of rotatable bonds is 4. The van der Waals surface area contributed by atoms with Crippen LogP contribution in [0.5, 0.6) is 11.5 Å². The molecule has 0 aliphatic carbocycles. The fourth-order valence-corrected chi connectivity index (χ4v) is 3.55. The molecule has 0 aromatic heterocycles. The lowest BCUT2D eigenvalue weighted by atomic mass is 9.78. The van der Waals surface area contributed by atoms with Gasteiger partial charge in [-0.3, -0.25) is 0 Å². The topological polar surface area (TPSA) is 77.5 Å². The van der Waals surface area contributed by atoms with Crippen LogP contribution in [-0.4, -0.2) is 61.7 Å². The van der Waals surface area contributed by atoms with Gasteiger partial charge in [0.05, 0.1) is 31.0 Å². The quantitative estimate of drug-likeness (QED) is 0.779. The highest BCUT2D eigenvalue weighted by Gasteiger charge is 2.52. The number of nitrogens with zero attached hydrogens (tertiary/aromatic N) is 1. The number of carbonyl (C=O) groups is 1. The molecule has 2 fully saturated rings. The van der Waals surface area contributed by atoms with Gasteiger partial charge in [-0.25, -0.2) is 4.79 Å². The van der Waals surface area contributed by atoms with E-state index in [1.54, 1.807) is 14.2 Å². The molecule has 0 spiro atoms. The lowest BCUT2D eigenvalue weighted by Crippen LogP contribution is -2.41. The van der Waals surface area contributed by atoms with E-state index in [9.17, 15) is 4.79 Å². The third-order valence-electron chi connectivity index (χ3n) is 6.12. The van der Waals surface area contributed by atoms with E-state index in [0.717, 1.165) is 11.0 Å². The number of amides is 1. The maximum atomic E-state index is 11.1. The summed E-state index contributed by atoms with van der Waals surface area (Å²) in [7, 11) is 2.73. The Balaban J connectivity index is 1.90. The van der Waals surface area contributed by atoms with Crippen molar-refractivity contribution in [2.45, 2.75) is 51.7 Å². The van der Waals surface area contributed by atoms with E-state index < -0.39 is 24.4 Å². The van der Waals surface area contributed by atoms with Crippen molar-refractivity contribution in [3.63, 3.8) is 0 Å². The van der Waals surface area contributed by atoms with E-state index in [0.29, 0.717) is 37.4 Å². The Labute approximate surface area is 172 Å². The summed E-state index contributed by atoms with van der Waals surface area (Å²) in [6, 6.07) is 3.84. The molecule has 0 bridgehead atoms. The first kappa shape index (κ1) is 21.5. The van der Waals surface area contributed by atoms with Crippen LogP contribution in [0.3, 0.4) is 0 Å². The van der Waals surface area contributed by atoms with E-state index in [1.807, 2.05) is 45.9 Å². The molecule has 2 saturated heterocycles. The average molecular weight is 403 g/mol. The predicted octanol–water partition coefficient (Wildman–Crippen LogP) is 3.16. The predicted molar refractivity (Wildman–Crippen MR) is 112 cm³/mol. The molecule has 3 rings (SSSR count). The minimum absolute atomic E-state index is 0.434. The highest BCUT2D eigenvalue weighted by molar-refractivity contribution is 6.62. The maximum absolute atomic E-state index is 11.1. The molecule has 2 heterocycles. The molecule has 8 heteroatoms. The van der Waals surface area contributed by atoms with E-state index in [4.69, 9.17) is 23.9 Å². The van der Waals surface area contributed by atoms with Crippen LogP contribution in [0.15, 0.2) is 17.7 Å². The van der Waals surface area contributed by atoms with Gasteiger partial charge in [0.1, 0.15) is 11.5 Å². The van der Waals surface area contributed by atoms with E-state index >= 15 is 0 Å². The number of methoxy groups -OCH3 is 2. The second-order valence-electron chi connectivity index (χ2n) is 8.50. The van der Waals surface area contributed by atoms with Gasteiger partial charge in [0.25, 0.3) is 0 Å². The van der Waals surface area contributed by atoms with Gasteiger partial charge in [0.2, 0.25) is 0 Å². The molecule has 0 radical (unpaired) electrons. The summed E-state index contributed by atoms with van der Waals surface area (Å²) in [6.07, 6.45) is 2.56. The summed E-state index contributed by atoms with van der Waals surface area (Å²) in [5.41, 5.74) is 1.98. The molecule has 0 unspecified atom stereocenters. The van der Waals surface area contributed by atoms with Crippen LogP contribution in [0.1, 0.15) is 46.1 Å². The third-order valence-corrected chi connectivity index (χ3v) is 6.12. The molecule has 2 aliphatic heterocycles. The highest BCUT2D eigenvalue weighted by atomic mass is 16.7. The first-order chi connectivity index (χ1) is 13.6. The number of ether oxygens (including phenoxy) is 2. The zero-order chi connectivity index (χ0) is 21.4. The molecule has 1 amide bonds. The van der Waals surface area contributed by atoms with Crippen molar-refractivity contribution in [2.24, 2.45) is 0 Å². The molecule has 2 aliphatic rings. The molecular formula is C21H30BNO6. The minimum atomic E-state index is -0.869. The van der Waals surface area contributed by atoms with E-state index in [1.165, 1.54) is 10.5 Å². The fourth-order valence-electron chi connectivity index (χ4n) is 3.55. The average Bonchev–Trinajstić information content (AvgIpc) is 2.89. The van der Waals surface area contributed by atoms with Crippen LogP contribution in [0, 0.1) is 0 Å². The Kier molecular flexibility index (Phi) is 5.87. The largest absolute Gasteiger partial charge is 0.496 e. The fraction of sp³-hybridized carbons (Fsp3) is 0.571. The first-order valence-electron chi connectivity index (χ1n) is 9.87. The summed E-state index contributed by atoms with van der Waals surface area (Å²) < 4.78 is 23.6. The van der Waals surface area contributed by atoms with Crippen LogP contribution in [0.4, 0.5) is 4.79 Å². The lowest BCUT2D eigenvalue weighted by Gasteiger charge is -2.32. The van der Waals surface area contributed by atoms with Crippen molar-refractivity contribution in [2.75, 3.05) is 27.3 Å². The number of hydrogen-bond donors (Lipinski definition) is 1. The Morgan fingerprint density at radius 2 is 1.55 bits per heavy atom. The molecule has 1 aromatic carbocycles. The Bertz CT molecular complexity index is 768. The SMILES string of the molecule is COc1cc(B2OC(C)(C)C(C)(C)O2)cc(OC)c1C=C1CCN(C(=O)O)CC1. The van der Waals surface area contributed by atoms with Crippen molar-refractivity contribution in [3.05, 3.63) is 23.3 Å². The zero-order valence-electron chi connectivity index (χ0n) is 18.1. The Morgan fingerprint density at radius 1 is 1.07 bits per heavy atom. The second kappa shape index (κ2) is 7.92. The normalized spacial score (nSPS) is 20.6. The summed E-state index contributed by atoms with van der Waals surface area (Å²) >= 11 is 0. The van der Waals surface area contributed by atoms with Crippen molar-refractivity contribution in [1.82, 2.24) is 4.90 Å². The van der Waals surface area contributed by atoms with Crippen LogP contribution < -0.4 is 14.9 Å². The smallest absolute Gasteiger partial charge is 0.495 e. The minimum Gasteiger partial charge on any atom is -0.496 e. The Hall–Kier alpha value is -2.19. The zero-order valence-corrected chi connectivity index (χ0v) is 18.1. The third kappa shape index (κ3) is 4.23. The molecule has 1 N–H and O–H groups in total. The number of carboxylic acid groups (broad SMARTS) is 1. The van der Waals surface area contributed by atoms with Crippen LogP contribution in [0.2, 0.25) is 0 Å². The number of benzene rings is 1. The summed E-state index contributed by atoms with van der Waals surface area (Å²) in [5, 5.41) is 9.13. The van der Waals surface area contributed by atoms with Crippen molar-refractivity contribution in [3.8, 4) is 11.5 Å². The van der Waals surface area contributed by atoms with E-state index in [2.05, 4.69) is 0 Å². The van der Waals surface area contributed by atoms with Crippen LogP contribution in [0.25, 0.3) is 6.08 Å². The molecule has 29 heavy (non-hydrogen) atoms. The monoisotopic (exact) mass is 403 g/mol. The van der Waals surface area contributed by atoms with Crippen molar-refractivity contribution < 1.29 is 28.7 Å². The highest BCUT2D eigenvalue weighted by Crippen LogP contribution is 2.38. The second-order valence-corrected chi connectivity index (χ2v) is 8.50. The van der Waals surface area contributed by atoms with Gasteiger partial charge in [-0.15, -0.1) is 0 Å². The van der Waals surface area contributed by atoms with Gasteiger partial charge in [-0.2, -0.15) is 0 Å². The van der Waals surface area contributed by atoms with Gasteiger partial charge in [0, 0.05) is 13.1 Å². The summed E-state index contributed by atoms with van der Waals surface area (Å²) in [5.74, 6) is 1.34. The molecule has 7 nitrogen and oxygen atoms in total. The van der Waals surface area contributed by atoms with Crippen molar-refractivity contribution >= 4 is 24.8 Å². The summed E-state index contributed by atoms with van der Waals surface area (Å²) in [6.45, 7) is 9.07. The maximum Gasteiger partial charge on any atom is 0.495 e. The number of piperidine rings is 1. The number of likely N-dealkylation sites (tertiary alicyclic amines) is 1. The molecular weight excluding hydrogens is 373 g/mol. The van der Waals surface area contributed by atoms with Gasteiger partial charge in [-0.05, 0) is 64.2 Å². The standard InChI is InChI=1S/C21H30BNO6/c1-20(2)21(3,4)29-22(28-20)15-12-17(26-5)16(18(13-15)27-6)11-14-7-9-23(10-8-14)19(24)25/h11-13H,7-10H2,1-6H3,(H,24,25). The van der Waals surface area contributed by atoms with Crippen LogP contribution in [-0.2, 0) is 9.31 Å². The van der Waals surface area contributed by atoms with E-state index in [-0.39, 0.29) is 0 Å². The first-order valence-corrected chi connectivity index (χ1v) is 9.87. The molecule has 0 saturated carbocycles. The molecule has 1 aromatic rings. The summed E-state index contributed by atoms with van der Waals surface area (Å²) in [4.78, 5) is 12.6. The van der Waals surface area contributed by atoms with Crippen LogP contribution >= 0.6 is 0 Å². The molecule has 158 valence electrons. The van der Waals surface area contributed by atoms with Crippen molar-refractivity contribution in [1.29, 1.82) is 0 Å². The number of hydrogen-bond acceptors (Lipinski definition) is 5.